The minimum Gasteiger partial charge on any atom is -0.447 e. The number of ether oxygens (including phenoxy) is 1. The molecule has 3 nitrogen and oxygen atoms in total. The smallest absolute Gasteiger partial charge is 0.327 e. The number of esters is 1. The summed E-state index contributed by atoms with van der Waals surface area (Å²) in [5.74, 6) is -0.360. The summed E-state index contributed by atoms with van der Waals surface area (Å²) in [5.41, 5.74) is 0.353. The first-order valence-corrected chi connectivity index (χ1v) is 7.88. The Morgan fingerprint density at radius 1 is 0.833 bits per heavy atom. The topological polar surface area (TPSA) is 43.4 Å². The third-order valence-electron chi connectivity index (χ3n) is 4.87. The third kappa shape index (κ3) is 1.72. The van der Waals surface area contributed by atoms with E-state index in [0.717, 1.165) is 11.1 Å². The first-order valence-electron chi connectivity index (χ1n) is 7.88. The van der Waals surface area contributed by atoms with Crippen molar-refractivity contribution in [1.29, 1.82) is 0 Å². The van der Waals surface area contributed by atoms with Crippen molar-refractivity contribution in [3.05, 3.63) is 95.6 Å². The third-order valence-corrected chi connectivity index (χ3v) is 4.87. The summed E-state index contributed by atoms with van der Waals surface area (Å²) in [6.07, 6.45) is 4.99. The minimum absolute atomic E-state index is 0.0569. The maximum atomic E-state index is 12.8. The minimum atomic E-state index is -0.978. The molecule has 4 rings (SSSR count). The summed E-state index contributed by atoms with van der Waals surface area (Å²) in [4.78, 5) is 24.7. The van der Waals surface area contributed by atoms with Gasteiger partial charge in [-0.15, -0.1) is 0 Å². The van der Waals surface area contributed by atoms with E-state index in [4.69, 9.17) is 4.74 Å². The van der Waals surface area contributed by atoms with Gasteiger partial charge in [0.15, 0.2) is 16.8 Å². The lowest BCUT2D eigenvalue weighted by Crippen LogP contribution is -2.69. The zero-order valence-electron chi connectivity index (χ0n) is 13.2. The first-order chi connectivity index (χ1) is 11.6. The predicted octanol–water partition coefficient (Wildman–Crippen LogP) is 3.35. The highest BCUT2D eigenvalue weighted by Crippen LogP contribution is 2.55. The molecule has 1 aliphatic heterocycles. The Morgan fingerprint density at radius 2 is 1.38 bits per heavy atom. The fourth-order valence-electron chi connectivity index (χ4n) is 3.72. The van der Waals surface area contributed by atoms with Crippen molar-refractivity contribution in [3.63, 3.8) is 0 Å². The largest absolute Gasteiger partial charge is 0.447 e. The molecule has 1 aliphatic carbocycles. The van der Waals surface area contributed by atoms with Gasteiger partial charge in [-0.2, -0.15) is 0 Å². The van der Waals surface area contributed by atoms with E-state index >= 15 is 0 Å². The van der Waals surface area contributed by atoms with E-state index in [1.54, 1.807) is 19.1 Å². The maximum absolute atomic E-state index is 12.8. The number of rotatable bonds is 2. The summed E-state index contributed by atoms with van der Waals surface area (Å²) in [6, 6.07) is 19.2. The lowest BCUT2D eigenvalue weighted by molar-refractivity contribution is -0.194. The molecule has 2 aromatic rings. The molecule has 2 aliphatic rings. The summed E-state index contributed by atoms with van der Waals surface area (Å²) in [6.45, 7) is 1.75. The van der Waals surface area contributed by atoms with Gasteiger partial charge >= 0.3 is 5.97 Å². The van der Waals surface area contributed by atoms with Crippen molar-refractivity contribution < 1.29 is 14.3 Å². The van der Waals surface area contributed by atoms with Crippen LogP contribution in [0.5, 0.6) is 0 Å². The molecule has 2 aromatic carbocycles. The Morgan fingerprint density at radius 3 is 1.83 bits per heavy atom. The van der Waals surface area contributed by atoms with Crippen LogP contribution in [0.1, 0.15) is 18.1 Å². The van der Waals surface area contributed by atoms with Crippen molar-refractivity contribution in [3.8, 4) is 0 Å². The number of benzene rings is 2. The fourth-order valence-corrected chi connectivity index (χ4v) is 3.72. The molecule has 1 saturated heterocycles. The molecule has 0 radical (unpaired) electrons. The Hall–Kier alpha value is -2.94. The van der Waals surface area contributed by atoms with E-state index in [1.807, 2.05) is 60.7 Å². The molecule has 0 aromatic heterocycles. The second-order valence-corrected chi connectivity index (χ2v) is 6.19. The van der Waals surface area contributed by atoms with Crippen LogP contribution in [0.3, 0.4) is 0 Å². The second-order valence-electron chi connectivity index (χ2n) is 6.19. The number of carbonyl (C=O) groups is 2. The van der Waals surface area contributed by atoms with Crippen LogP contribution in [-0.4, -0.2) is 17.4 Å². The summed E-state index contributed by atoms with van der Waals surface area (Å²) in [5, 5.41) is 0. The molecule has 1 fully saturated rings. The van der Waals surface area contributed by atoms with Gasteiger partial charge in [0, 0.05) is 0 Å². The van der Waals surface area contributed by atoms with Gasteiger partial charge in [-0.1, -0.05) is 60.7 Å². The van der Waals surface area contributed by atoms with Gasteiger partial charge in [0.2, 0.25) is 0 Å². The highest BCUT2D eigenvalue weighted by molar-refractivity contribution is 6.07. The lowest BCUT2D eigenvalue weighted by Gasteiger charge is -2.55. The summed E-state index contributed by atoms with van der Waals surface area (Å²) in [7, 11) is 0. The summed E-state index contributed by atoms with van der Waals surface area (Å²) < 4.78 is 5.66. The average Bonchev–Trinajstić information content (AvgIpc) is 2.60. The van der Waals surface area contributed by atoms with E-state index in [9.17, 15) is 9.59 Å². The molecule has 0 amide bonds. The van der Waals surface area contributed by atoms with Crippen LogP contribution in [0, 0.1) is 0 Å². The number of ketones is 1. The fraction of sp³-hybridized carbons (Fsp3) is 0.143. The monoisotopic (exact) mass is 316 g/mol. The zero-order valence-corrected chi connectivity index (χ0v) is 13.2. The number of hydrogen-bond donors (Lipinski definition) is 0. The van der Waals surface area contributed by atoms with E-state index in [-0.39, 0.29) is 11.8 Å². The molecule has 118 valence electrons. The van der Waals surface area contributed by atoms with Crippen molar-refractivity contribution in [2.45, 2.75) is 17.9 Å². The Bertz CT molecular complexity index is 838. The Balaban J connectivity index is 2.02. The van der Waals surface area contributed by atoms with Gasteiger partial charge < -0.3 is 4.74 Å². The molecular formula is C21H16O3. The zero-order chi connectivity index (χ0) is 16.8. The van der Waals surface area contributed by atoms with Gasteiger partial charge in [0.25, 0.3) is 0 Å². The van der Waals surface area contributed by atoms with E-state index < -0.39 is 11.0 Å². The van der Waals surface area contributed by atoms with Crippen molar-refractivity contribution in [2.24, 2.45) is 0 Å². The molecule has 24 heavy (non-hydrogen) atoms. The van der Waals surface area contributed by atoms with Crippen LogP contribution < -0.4 is 0 Å². The van der Waals surface area contributed by atoms with E-state index in [2.05, 4.69) is 0 Å². The standard InChI is InChI=1S/C21H16O3/c1-15-14-20(13-12-18(15)22)21(19(23)24-20,16-8-4-2-5-9-16)17-10-6-3-7-11-17/h2-14H,1H3. The molecule has 0 N–H and O–H groups in total. The van der Waals surface area contributed by atoms with Crippen molar-refractivity contribution in [1.82, 2.24) is 0 Å². The molecule has 1 unspecified atom stereocenters. The molecule has 0 saturated carbocycles. The van der Waals surface area contributed by atoms with Crippen LogP contribution in [0.2, 0.25) is 0 Å². The van der Waals surface area contributed by atoms with Crippen LogP contribution in [0.15, 0.2) is 84.5 Å². The predicted molar refractivity (Wildman–Crippen MR) is 90.4 cm³/mol. The number of allylic oxidation sites excluding steroid dienone is 2. The first kappa shape index (κ1) is 14.6. The molecule has 1 heterocycles. The van der Waals surface area contributed by atoms with Crippen LogP contribution in [0.25, 0.3) is 0 Å². The van der Waals surface area contributed by atoms with Gasteiger partial charge in [-0.25, -0.2) is 0 Å². The van der Waals surface area contributed by atoms with Crippen molar-refractivity contribution in [2.75, 3.05) is 0 Å². The Labute approximate surface area is 140 Å². The highest BCUT2D eigenvalue weighted by atomic mass is 16.6. The van der Waals surface area contributed by atoms with Crippen LogP contribution >= 0.6 is 0 Å². The maximum Gasteiger partial charge on any atom is 0.327 e. The second kappa shape index (κ2) is 5.03. The molecule has 1 atom stereocenters. The average molecular weight is 316 g/mol. The van der Waals surface area contributed by atoms with Crippen LogP contribution in [-0.2, 0) is 19.7 Å². The lowest BCUT2D eigenvalue weighted by atomic mass is 9.57. The number of carbonyl (C=O) groups excluding carboxylic acids is 2. The molecule has 3 heteroatoms. The summed E-state index contributed by atoms with van der Waals surface area (Å²) >= 11 is 0. The SMILES string of the molecule is CC1=CC2(C=CC1=O)OC(=O)C2(c1ccccc1)c1ccccc1. The molecule has 0 bridgehead atoms. The molecule has 1 spiro atoms. The van der Waals surface area contributed by atoms with E-state index in [0.29, 0.717) is 5.57 Å². The Kier molecular flexibility index (Phi) is 3.07. The van der Waals surface area contributed by atoms with E-state index in [1.165, 1.54) is 6.08 Å². The molecular weight excluding hydrogens is 300 g/mol. The van der Waals surface area contributed by atoms with Gasteiger partial charge in [0.05, 0.1) is 0 Å². The van der Waals surface area contributed by atoms with Crippen LogP contribution in [0.4, 0.5) is 0 Å². The normalized spacial score (nSPS) is 24.3. The van der Waals surface area contributed by atoms with Crippen molar-refractivity contribution >= 4 is 11.8 Å². The quantitative estimate of drug-likeness (QED) is 0.798. The number of hydrogen-bond acceptors (Lipinski definition) is 3. The van der Waals surface area contributed by atoms with Gasteiger partial charge in [0.1, 0.15) is 0 Å². The highest BCUT2D eigenvalue weighted by Gasteiger charge is 2.69. The van der Waals surface area contributed by atoms with Gasteiger partial charge in [-0.3, -0.25) is 9.59 Å². The van der Waals surface area contributed by atoms with Gasteiger partial charge in [-0.05, 0) is 41.9 Å².